The van der Waals surface area contributed by atoms with E-state index in [0.717, 1.165) is 24.5 Å². The molecular weight excluding hydrogens is 472 g/mol. The summed E-state index contributed by atoms with van der Waals surface area (Å²) in [6.45, 7) is -0.194. The molecule has 3 rings (SSSR count). The van der Waals surface area contributed by atoms with Gasteiger partial charge in [0.1, 0.15) is 24.5 Å². The molecule has 1 aromatic carbocycles. The second kappa shape index (κ2) is 18.0. The third-order valence-electron chi connectivity index (χ3n) is 4.60. The highest BCUT2D eigenvalue weighted by Gasteiger charge is 2.32. The fourth-order valence-electron chi connectivity index (χ4n) is 2.96. The van der Waals surface area contributed by atoms with Gasteiger partial charge in [0.15, 0.2) is 6.29 Å². The monoisotopic (exact) mass is 499 g/mol. The number of carbonyl (C=O) groups excluding carboxylic acids is 2. The van der Waals surface area contributed by atoms with E-state index < -0.39 is 11.0 Å². The number of nitroso groups, excluding NO2 is 1. The van der Waals surface area contributed by atoms with Gasteiger partial charge in [-0.1, -0.05) is 18.2 Å². The molecule has 1 heterocycles. The molecule has 0 saturated carbocycles. The van der Waals surface area contributed by atoms with Crippen molar-refractivity contribution in [3.63, 3.8) is 0 Å². The molecule has 1 aromatic rings. The Bertz CT molecular complexity index is 976. The van der Waals surface area contributed by atoms with Crippen molar-refractivity contribution in [3.8, 4) is 0 Å². The van der Waals surface area contributed by atoms with Gasteiger partial charge in [-0.05, 0) is 43.9 Å². The normalized spacial score (nSPS) is 17.9. The van der Waals surface area contributed by atoms with E-state index >= 15 is 0 Å². The predicted molar refractivity (Wildman–Crippen MR) is 132 cm³/mol. The van der Waals surface area contributed by atoms with Crippen LogP contribution >= 0.6 is 0 Å². The number of nitro groups is 2. The van der Waals surface area contributed by atoms with Crippen LogP contribution in [-0.4, -0.2) is 41.1 Å². The minimum Gasteiger partial charge on any atom is -0.303 e. The van der Waals surface area contributed by atoms with Gasteiger partial charge < -0.3 is 9.59 Å². The second-order valence-electron chi connectivity index (χ2n) is 7.29. The van der Waals surface area contributed by atoms with Gasteiger partial charge in [0.25, 0.3) is 5.70 Å². The molecule has 0 N–H and O–H groups in total. The van der Waals surface area contributed by atoms with E-state index in [-0.39, 0.29) is 17.5 Å². The predicted octanol–water partition coefficient (Wildman–Crippen LogP) is 4.14. The zero-order chi connectivity index (χ0) is 26.6. The highest BCUT2D eigenvalue weighted by Crippen LogP contribution is 2.26. The standard InChI is InChI=1S/C12H14N2O4.C6H9NO3.C6H4NO/c15-9-12-7-6-11(8-13(16)17)14(18-12)10-4-2-1-3-5-10;8-6-4-2-1-3-5-7(9)10;8-7-6-4-2-1-3-5-6/h1-5,9,11-12H,6-8H2;3,5-6H,1-2,4H2;1-4H/q;;+1/b;5-3+;/t11-,12-;;/m1../s1. The van der Waals surface area contributed by atoms with Crippen LogP contribution in [0.3, 0.4) is 0 Å². The lowest BCUT2D eigenvalue weighted by molar-refractivity contribution is -0.484. The van der Waals surface area contributed by atoms with Crippen molar-refractivity contribution in [1.29, 1.82) is 0 Å². The number of unbranched alkanes of at least 4 members (excludes halogenated alkanes) is 2. The quantitative estimate of drug-likeness (QED) is 0.115. The van der Waals surface area contributed by atoms with Crippen molar-refractivity contribution in [3.05, 3.63) is 104 Å². The van der Waals surface area contributed by atoms with Gasteiger partial charge in [0, 0.05) is 22.6 Å². The molecule has 2 aliphatic rings. The molecule has 36 heavy (non-hydrogen) atoms. The summed E-state index contributed by atoms with van der Waals surface area (Å²) in [6, 6.07) is 8.78. The summed E-state index contributed by atoms with van der Waals surface area (Å²) in [5.41, 5.74) is 1.09. The zero-order valence-electron chi connectivity index (χ0n) is 19.5. The van der Waals surface area contributed by atoms with E-state index in [0.29, 0.717) is 37.8 Å². The molecule has 190 valence electrons. The Labute approximate surface area is 207 Å². The van der Waals surface area contributed by atoms with Crippen molar-refractivity contribution < 1.29 is 24.3 Å². The Morgan fingerprint density at radius 1 is 1.11 bits per heavy atom. The van der Waals surface area contributed by atoms with Crippen molar-refractivity contribution in [1.82, 2.24) is 0 Å². The number of allylic oxidation sites excluding steroid dienone is 6. The van der Waals surface area contributed by atoms with Crippen molar-refractivity contribution in [2.24, 2.45) is 5.18 Å². The van der Waals surface area contributed by atoms with E-state index in [9.17, 15) is 34.7 Å². The molecule has 0 radical (unpaired) electrons. The number of aldehydes is 2. The molecule has 1 fully saturated rings. The average molecular weight is 500 g/mol. The summed E-state index contributed by atoms with van der Waals surface area (Å²) in [4.78, 5) is 55.2. The number of nitrogens with zero attached hydrogens (tertiary/aromatic N) is 4. The maximum Gasteiger partial charge on any atom is 0.269 e. The second-order valence-corrected chi connectivity index (χ2v) is 7.29. The molecule has 0 spiro atoms. The summed E-state index contributed by atoms with van der Waals surface area (Å²) >= 11 is 0. The Kier molecular flexibility index (Phi) is 14.8. The van der Waals surface area contributed by atoms with Gasteiger partial charge in [0.05, 0.1) is 28.8 Å². The van der Waals surface area contributed by atoms with Crippen LogP contribution in [0.25, 0.3) is 0 Å². The highest BCUT2D eigenvalue weighted by atomic mass is 16.7. The number of para-hydroxylation sites is 1. The fourth-order valence-corrected chi connectivity index (χ4v) is 2.96. The van der Waals surface area contributed by atoms with Crippen molar-refractivity contribution in [2.45, 2.75) is 44.2 Å². The van der Waals surface area contributed by atoms with Crippen LogP contribution in [0, 0.1) is 31.2 Å². The molecule has 1 saturated heterocycles. The van der Waals surface area contributed by atoms with Crippen LogP contribution in [0.5, 0.6) is 0 Å². The maximum atomic E-state index is 10.8. The Hall–Kier alpha value is -4.41. The lowest BCUT2D eigenvalue weighted by Crippen LogP contribution is -2.47. The van der Waals surface area contributed by atoms with E-state index in [2.05, 4.69) is 11.3 Å². The molecular formula is C24H27N4O8+. The lowest BCUT2D eigenvalue weighted by Gasteiger charge is -2.36. The van der Waals surface area contributed by atoms with E-state index in [1.54, 1.807) is 36.4 Å². The molecule has 0 aromatic heterocycles. The molecule has 0 amide bonds. The maximum absolute atomic E-state index is 10.8. The van der Waals surface area contributed by atoms with Crippen LogP contribution < -0.4 is 5.06 Å². The topological polar surface area (TPSA) is 162 Å². The summed E-state index contributed by atoms with van der Waals surface area (Å²) < 4.78 is 0. The van der Waals surface area contributed by atoms with Gasteiger partial charge in [-0.3, -0.25) is 25.1 Å². The molecule has 0 bridgehead atoms. The zero-order valence-corrected chi connectivity index (χ0v) is 19.5. The van der Waals surface area contributed by atoms with Gasteiger partial charge in [-0.15, -0.1) is 4.91 Å². The summed E-state index contributed by atoms with van der Waals surface area (Å²) in [7, 11) is 0. The summed E-state index contributed by atoms with van der Waals surface area (Å²) in [5.74, 6) is 0. The Morgan fingerprint density at radius 2 is 1.86 bits per heavy atom. The molecule has 0 unspecified atom stereocenters. The molecule has 12 heteroatoms. The first kappa shape index (κ1) is 29.6. The van der Waals surface area contributed by atoms with Crippen molar-refractivity contribution in [2.75, 3.05) is 11.6 Å². The van der Waals surface area contributed by atoms with Gasteiger partial charge in [0.2, 0.25) is 12.7 Å². The smallest absolute Gasteiger partial charge is 0.269 e. The molecule has 2 atom stereocenters. The number of rotatable bonds is 10. The van der Waals surface area contributed by atoms with Crippen LogP contribution in [0.2, 0.25) is 0 Å². The number of hydroxylamine groups is 1. The first-order chi connectivity index (χ1) is 17.4. The van der Waals surface area contributed by atoms with E-state index in [1.807, 2.05) is 18.2 Å². The van der Waals surface area contributed by atoms with Crippen LogP contribution in [0.4, 0.5) is 5.69 Å². The molecule has 12 nitrogen and oxygen atoms in total. The number of hydrogen-bond donors (Lipinski definition) is 0. The number of anilines is 1. The van der Waals surface area contributed by atoms with Gasteiger partial charge in [-0.25, -0.2) is 5.06 Å². The molecule has 1 aliphatic carbocycles. The van der Waals surface area contributed by atoms with Crippen LogP contribution in [0.1, 0.15) is 32.1 Å². The first-order valence-corrected chi connectivity index (χ1v) is 11.0. The fraction of sp³-hybridized carbons (Fsp3) is 0.333. The summed E-state index contributed by atoms with van der Waals surface area (Å²) in [6.07, 6.45) is 15.6. The Balaban J connectivity index is 0.000000304. The number of hydrogen-bond acceptors (Lipinski definition) is 10. The minimum atomic E-state index is -0.520. The van der Waals surface area contributed by atoms with Gasteiger partial charge in [-0.2, -0.15) is 0 Å². The van der Waals surface area contributed by atoms with E-state index in [4.69, 9.17) is 4.84 Å². The molecule has 1 aliphatic heterocycles. The number of carbonyl (C=O) groups is 2. The lowest BCUT2D eigenvalue weighted by atomic mass is 10.1. The third kappa shape index (κ3) is 12.7. The third-order valence-corrected chi connectivity index (χ3v) is 4.60. The largest absolute Gasteiger partial charge is 0.303 e. The first-order valence-electron chi connectivity index (χ1n) is 11.0. The van der Waals surface area contributed by atoms with Crippen LogP contribution in [-0.2, 0) is 14.4 Å². The highest BCUT2D eigenvalue weighted by molar-refractivity contribution is 5.57. The van der Waals surface area contributed by atoms with Crippen molar-refractivity contribution >= 4 is 18.3 Å². The number of benzene rings is 1. The minimum absolute atomic E-state index is 0.194. The summed E-state index contributed by atoms with van der Waals surface area (Å²) in [5, 5.41) is 24.5. The van der Waals surface area contributed by atoms with E-state index in [1.165, 1.54) is 11.1 Å². The SMILES string of the molecule is O=CCCC/C=C/[N+](=O)[O-].O=C[C@H]1CC[C@H](C[N+](=O)[O-])N(c2ccccc2)O1.O=NC1=CC=CC=[C+]1. The van der Waals surface area contributed by atoms with Crippen LogP contribution in [0.15, 0.2) is 77.8 Å². The van der Waals surface area contributed by atoms with Gasteiger partial charge >= 0.3 is 0 Å². The average Bonchev–Trinajstić information content (AvgIpc) is 2.90. The Morgan fingerprint density at radius 3 is 2.39 bits per heavy atom.